The number of para-hydroxylation sites is 1. The SMILES string of the molecule is Cc1cccc(Cl)c1NC(=O)c1cccnc1NN. The van der Waals surface area contributed by atoms with E-state index in [9.17, 15) is 4.79 Å². The standard InChI is InChI=1S/C13H13ClN4O/c1-8-4-2-6-10(14)11(8)17-13(19)9-5-3-7-16-12(9)18-15/h2-7H,15H2,1H3,(H,16,18)(H,17,19). The molecule has 0 aliphatic heterocycles. The highest BCUT2D eigenvalue weighted by atomic mass is 35.5. The molecule has 1 aromatic heterocycles. The topological polar surface area (TPSA) is 80.0 Å². The maximum atomic E-state index is 12.2. The molecule has 0 atom stereocenters. The van der Waals surface area contributed by atoms with Crippen LogP contribution in [0.3, 0.4) is 0 Å². The molecule has 2 rings (SSSR count). The van der Waals surface area contributed by atoms with E-state index in [0.717, 1.165) is 5.56 Å². The van der Waals surface area contributed by atoms with Gasteiger partial charge in [-0.2, -0.15) is 0 Å². The number of hydrogen-bond donors (Lipinski definition) is 3. The Morgan fingerprint density at radius 2 is 2.11 bits per heavy atom. The van der Waals surface area contributed by atoms with Crippen LogP contribution in [0, 0.1) is 6.92 Å². The van der Waals surface area contributed by atoms with Gasteiger partial charge in [-0.15, -0.1) is 0 Å². The largest absolute Gasteiger partial charge is 0.320 e. The van der Waals surface area contributed by atoms with Gasteiger partial charge in [-0.25, -0.2) is 10.8 Å². The maximum Gasteiger partial charge on any atom is 0.259 e. The van der Waals surface area contributed by atoms with E-state index in [4.69, 9.17) is 17.4 Å². The molecule has 0 radical (unpaired) electrons. The average Bonchev–Trinajstić information content (AvgIpc) is 2.42. The van der Waals surface area contributed by atoms with Crippen molar-refractivity contribution in [1.29, 1.82) is 0 Å². The van der Waals surface area contributed by atoms with E-state index in [2.05, 4.69) is 15.7 Å². The number of anilines is 2. The molecule has 19 heavy (non-hydrogen) atoms. The van der Waals surface area contributed by atoms with Crippen LogP contribution in [0.2, 0.25) is 5.02 Å². The number of halogens is 1. The first-order chi connectivity index (χ1) is 9.13. The van der Waals surface area contributed by atoms with E-state index in [1.54, 1.807) is 24.4 Å². The van der Waals surface area contributed by atoms with E-state index in [-0.39, 0.29) is 5.91 Å². The molecule has 4 N–H and O–H groups in total. The number of pyridine rings is 1. The summed E-state index contributed by atoms with van der Waals surface area (Å²) in [6.45, 7) is 1.87. The van der Waals surface area contributed by atoms with Crippen molar-refractivity contribution in [3.8, 4) is 0 Å². The number of hydrogen-bond acceptors (Lipinski definition) is 4. The summed E-state index contributed by atoms with van der Waals surface area (Å²) in [6.07, 6.45) is 1.55. The Hall–Kier alpha value is -2.11. The summed E-state index contributed by atoms with van der Waals surface area (Å²) in [6, 6.07) is 8.70. The van der Waals surface area contributed by atoms with Crippen molar-refractivity contribution in [3.63, 3.8) is 0 Å². The summed E-state index contributed by atoms with van der Waals surface area (Å²) < 4.78 is 0. The summed E-state index contributed by atoms with van der Waals surface area (Å²) in [5.41, 5.74) is 4.20. The van der Waals surface area contributed by atoms with Crippen molar-refractivity contribution in [2.24, 2.45) is 5.84 Å². The number of nitrogen functional groups attached to an aromatic ring is 1. The lowest BCUT2D eigenvalue weighted by atomic mass is 10.2. The highest BCUT2D eigenvalue weighted by Gasteiger charge is 2.14. The lowest BCUT2D eigenvalue weighted by Crippen LogP contribution is -2.18. The molecule has 0 aliphatic carbocycles. The van der Waals surface area contributed by atoms with Crippen molar-refractivity contribution in [3.05, 3.63) is 52.7 Å². The molecule has 1 heterocycles. The first-order valence-electron chi connectivity index (χ1n) is 5.61. The Morgan fingerprint density at radius 1 is 1.32 bits per heavy atom. The van der Waals surface area contributed by atoms with Gasteiger partial charge >= 0.3 is 0 Å². The molecule has 5 nitrogen and oxygen atoms in total. The van der Waals surface area contributed by atoms with Crippen LogP contribution in [0.5, 0.6) is 0 Å². The van der Waals surface area contributed by atoms with Gasteiger partial charge in [0.1, 0.15) is 0 Å². The maximum absolute atomic E-state index is 12.2. The fourth-order valence-electron chi connectivity index (χ4n) is 1.67. The number of aryl methyl sites for hydroxylation is 1. The Bertz CT molecular complexity index is 595. The molecule has 0 saturated carbocycles. The number of carbonyl (C=O) groups is 1. The summed E-state index contributed by atoms with van der Waals surface area (Å²) in [4.78, 5) is 16.2. The van der Waals surface area contributed by atoms with Crippen LogP contribution >= 0.6 is 11.6 Å². The van der Waals surface area contributed by atoms with E-state index in [1.165, 1.54) is 0 Å². The predicted molar refractivity (Wildman–Crippen MR) is 76.2 cm³/mol. The first-order valence-corrected chi connectivity index (χ1v) is 5.99. The Kier molecular flexibility index (Phi) is 3.99. The Balaban J connectivity index is 2.31. The normalized spacial score (nSPS) is 10.1. The average molecular weight is 277 g/mol. The van der Waals surface area contributed by atoms with Crippen LogP contribution < -0.4 is 16.6 Å². The van der Waals surface area contributed by atoms with Crippen LogP contribution in [0.25, 0.3) is 0 Å². The van der Waals surface area contributed by atoms with Gasteiger partial charge in [0.2, 0.25) is 0 Å². The number of hydrazine groups is 1. The zero-order valence-electron chi connectivity index (χ0n) is 10.3. The van der Waals surface area contributed by atoms with E-state index >= 15 is 0 Å². The minimum absolute atomic E-state index is 0.310. The van der Waals surface area contributed by atoms with E-state index in [1.807, 2.05) is 19.1 Å². The summed E-state index contributed by atoms with van der Waals surface area (Å²) >= 11 is 6.06. The number of nitrogens with two attached hydrogens (primary N) is 1. The van der Waals surface area contributed by atoms with Crippen molar-refractivity contribution in [2.75, 3.05) is 10.7 Å². The van der Waals surface area contributed by atoms with Gasteiger partial charge in [-0.1, -0.05) is 23.7 Å². The lowest BCUT2D eigenvalue weighted by Gasteiger charge is -2.11. The van der Waals surface area contributed by atoms with Crippen LogP contribution in [-0.2, 0) is 0 Å². The smallest absolute Gasteiger partial charge is 0.259 e. The molecule has 0 aliphatic rings. The highest BCUT2D eigenvalue weighted by molar-refractivity contribution is 6.34. The number of aromatic nitrogens is 1. The van der Waals surface area contributed by atoms with E-state index in [0.29, 0.717) is 22.1 Å². The second-order valence-corrected chi connectivity index (χ2v) is 4.34. The van der Waals surface area contributed by atoms with Crippen LogP contribution in [0.1, 0.15) is 15.9 Å². The Labute approximate surface area is 115 Å². The second-order valence-electron chi connectivity index (χ2n) is 3.93. The first kappa shape index (κ1) is 13.3. The number of rotatable bonds is 3. The molecule has 0 fully saturated rings. The highest BCUT2D eigenvalue weighted by Crippen LogP contribution is 2.26. The van der Waals surface area contributed by atoms with Crippen molar-refractivity contribution in [2.45, 2.75) is 6.92 Å². The molecule has 0 spiro atoms. The number of nitrogens with one attached hydrogen (secondary N) is 2. The fraction of sp³-hybridized carbons (Fsp3) is 0.0769. The van der Waals surface area contributed by atoms with Gasteiger partial charge < -0.3 is 10.7 Å². The number of benzene rings is 1. The van der Waals surface area contributed by atoms with Gasteiger partial charge in [0.05, 0.1) is 16.3 Å². The third-order valence-electron chi connectivity index (χ3n) is 2.65. The Morgan fingerprint density at radius 3 is 2.79 bits per heavy atom. The molecular weight excluding hydrogens is 264 g/mol. The third-order valence-corrected chi connectivity index (χ3v) is 2.96. The zero-order chi connectivity index (χ0) is 13.8. The number of amides is 1. The molecule has 1 amide bonds. The number of nitrogens with zero attached hydrogens (tertiary/aromatic N) is 1. The minimum atomic E-state index is -0.322. The molecule has 1 aromatic carbocycles. The number of carbonyl (C=O) groups excluding carboxylic acids is 1. The van der Waals surface area contributed by atoms with Gasteiger partial charge in [0.25, 0.3) is 5.91 Å². The molecule has 0 unspecified atom stereocenters. The van der Waals surface area contributed by atoms with Crippen LogP contribution in [0.15, 0.2) is 36.5 Å². The predicted octanol–water partition coefficient (Wildman–Crippen LogP) is 2.58. The van der Waals surface area contributed by atoms with E-state index < -0.39 is 0 Å². The summed E-state index contributed by atoms with van der Waals surface area (Å²) in [5.74, 6) is 5.31. The monoisotopic (exact) mass is 276 g/mol. The third kappa shape index (κ3) is 2.83. The molecule has 0 bridgehead atoms. The van der Waals surface area contributed by atoms with Gasteiger partial charge in [0, 0.05) is 6.20 Å². The van der Waals surface area contributed by atoms with Gasteiger partial charge in [0.15, 0.2) is 5.82 Å². The zero-order valence-corrected chi connectivity index (χ0v) is 11.0. The molecule has 2 aromatic rings. The lowest BCUT2D eigenvalue weighted by molar-refractivity contribution is 0.102. The molecule has 98 valence electrons. The van der Waals surface area contributed by atoms with Crippen molar-refractivity contribution in [1.82, 2.24) is 4.98 Å². The molecule has 6 heteroatoms. The minimum Gasteiger partial charge on any atom is -0.320 e. The summed E-state index contributed by atoms with van der Waals surface area (Å²) in [7, 11) is 0. The molecular formula is C13H13ClN4O. The van der Waals surface area contributed by atoms with Crippen molar-refractivity contribution < 1.29 is 4.79 Å². The quantitative estimate of drug-likeness (QED) is 0.595. The van der Waals surface area contributed by atoms with Crippen molar-refractivity contribution >= 4 is 29.0 Å². The fourth-order valence-corrected chi connectivity index (χ4v) is 1.94. The van der Waals surface area contributed by atoms with Crippen LogP contribution in [-0.4, -0.2) is 10.9 Å². The summed E-state index contributed by atoms with van der Waals surface area (Å²) in [5, 5.41) is 3.25. The van der Waals surface area contributed by atoms with Crippen LogP contribution in [0.4, 0.5) is 11.5 Å². The van der Waals surface area contributed by atoms with Gasteiger partial charge in [-0.05, 0) is 30.7 Å². The molecule has 0 saturated heterocycles. The second kappa shape index (κ2) is 5.69. The van der Waals surface area contributed by atoms with Gasteiger partial charge in [-0.3, -0.25) is 4.79 Å².